The largest absolute Gasteiger partial charge is 0.508 e. The number of phenols is 1. The van der Waals surface area contributed by atoms with Crippen molar-refractivity contribution in [1.82, 2.24) is 4.90 Å². The second-order valence-corrected chi connectivity index (χ2v) is 4.42. The van der Waals surface area contributed by atoms with Crippen LogP contribution in [0, 0.1) is 0 Å². The first kappa shape index (κ1) is 13.5. The highest BCUT2D eigenvalue weighted by Crippen LogP contribution is 2.11. The van der Waals surface area contributed by atoms with Crippen LogP contribution in [0.2, 0.25) is 0 Å². The average Bonchev–Trinajstić information content (AvgIpc) is 2.29. The van der Waals surface area contributed by atoms with Gasteiger partial charge in [0.15, 0.2) is 0 Å². The normalized spacial score (nSPS) is 10.9. The maximum absolute atomic E-state index is 9.19. The van der Waals surface area contributed by atoms with E-state index in [-0.39, 0.29) is 0 Å². The van der Waals surface area contributed by atoms with Gasteiger partial charge in [-0.1, -0.05) is 28.1 Å². The molecule has 90 valence electrons. The summed E-state index contributed by atoms with van der Waals surface area (Å²) < 4.78 is 5.08. The van der Waals surface area contributed by atoms with E-state index in [9.17, 15) is 5.11 Å². The van der Waals surface area contributed by atoms with E-state index < -0.39 is 0 Å². The maximum Gasteiger partial charge on any atom is 0.115 e. The fraction of sp³-hybridized carbons (Fsp3) is 0.500. The number of alkyl halides is 1. The summed E-state index contributed by atoms with van der Waals surface area (Å²) in [6.07, 6.45) is 0. The molecule has 0 heterocycles. The van der Waals surface area contributed by atoms with E-state index in [4.69, 9.17) is 4.74 Å². The number of hydrogen-bond donors (Lipinski definition) is 1. The van der Waals surface area contributed by atoms with Crippen molar-refractivity contribution in [2.75, 3.05) is 32.1 Å². The van der Waals surface area contributed by atoms with E-state index in [1.165, 1.54) is 5.56 Å². The molecule has 0 saturated heterocycles. The summed E-state index contributed by atoms with van der Waals surface area (Å²) in [4.78, 5) is 2.31. The first-order valence-electron chi connectivity index (χ1n) is 5.31. The van der Waals surface area contributed by atoms with E-state index in [0.717, 1.165) is 31.6 Å². The van der Waals surface area contributed by atoms with Gasteiger partial charge in [0, 0.05) is 32.1 Å². The van der Waals surface area contributed by atoms with Crippen molar-refractivity contribution in [2.45, 2.75) is 6.54 Å². The maximum atomic E-state index is 9.19. The van der Waals surface area contributed by atoms with Crippen LogP contribution in [0.3, 0.4) is 0 Å². The van der Waals surface area contributed by atoms with Gasteiger partial charge in [0.2, 0.25) is 0 Å². The number of aromatic hydroxyl groups is 1. The van der Waals surface area contributed by atoms with Gasteiger partial charge in [-0.3, -0.25) is 4.90 Å². The number of hydrogen-bond acceptors (Lipinski definition) is 3. The molecule has 0 atom stereocenters. The predicted octanol–water partition coefficient (Wildman–Crippen LogP) is 2.24. The van der Waals surface area contributed by atoms with Gasteiger partial charge in [0.1, 0.15) is 5.75 Å². The summed E-state index contributed by atoms with van der Waals surface area (Å²) in [5, 5.41) is 10.1. The molecule has 0 amide bonds. The Kier molecular flexibility index (Phi) is 6.45. The molecule has 0 saturated carbocycles. The van der Waals surface area contributed by atoms with Gasteiger partial charge in [-0.15, -0.1) is 0 Å². The summed E-state index contributed by atoms with van der Waals surface area (Å²) in [6.45, 7) is 3.54. The summed E-state index contributed by atoms with van der Waals surface area (Å²) in [6, 6.07) is 7.34. The molecule has 0 fully saturated rings. The van der Waals surface area contributed by atoms with Crippen molar-refractivity contribution in [3.8, 4) is 5.75 Å². The molecule has 0 radical (unpaired) electrons. The van der Waals surface area contributed by atoms with Crippen LogP contribution >= 0.6 is 15.9 Å². The van der Waals surface area contributed by atoms with Crippen LogP contribution in [0.15, 0.2) is 24.3 Å². The third-order valence-corrected chi connectivity index (χ3v) is 2.71. The molecule has 0 spiro atoms. The second-order valence-electron chi connectivity index (χ2n) is 3.62. The van der Waals surface area contributed by atoms with Crippen LogP contribution in [0.25, 0.3) is 0 Å². The topological polar surface area (TPSA) is 32.7 Å². The molecule has 1 aromatic carbocycles. The first-order valence-corrected chi connectivity index (χ1v) is 6.43. The monoisotopic (exact) mass is 287 g/mol. The van der Waals surface area contributed by atoms with Crippen molar-refractivity contribution in [2.24, 2.45) is 0 Å². The molecule has 0 unspecified atom stereocenters. The van der Waals surface area contributed by atoms with E-state index in [2.05, 4.69) is 20.8 Å². The smallest absolute Gasteiger partial charge is 0.115 e. The van der Waals surface area contributed by atoms with Gasteiger partial charge in [-0.2, -0.15) is 0 Å². The zero-order valence-corrected chi connectivity index (χ0v) is 11.1. The minimum Gasteiger partial charge on any atom is -0.508 e. The Morgan fingerprint density at radius 2 is 1.94 bits per heavy atom. The van der Waals surface area contributed by atoms with Crippen molar-refractivity contribution < 1.29 is 9.84 Å². The Bertz CT molecular complexity index is 290. The highest BCUT2D eigenvalue weighted by atomic mass is 79.9. The number of ether oxygens (including phenoxy) is 1. The van der Waals surface area contributed by atoms with Gasteiger partial charge < -0.3 is 9.84 Å². The SMILES string of the molecule is COCCN(CCBr)Cc1ccc(O)cc1. The average molecular weight is 288 g/mol. The lowest BCUT2D eigenvalue weighted by molar-refractivity contribution is 0.148. The zero-order chi connectivity index (χ0) is 11.8. The Morgan fingerprint density at radius 1 is 1.25 bits per heavy atom. The third-order valence-electron chi connectivity index (χ3n) is 2.35. The van der Waals surface area contributed by atoms with Crippen LogP contribution in [-0.4, -0.2) is 42.1 Å². The minimum absolute atomic E-state index is 0.313. The zero-order valence-electron chi connectivity index (χ0n) is 9.53. The Labute approximate surface area is 105 Å². The molecular formula is C12H18BrNO2. The quantitative estimate of drug-likeness (QED) is 0.781. The molecule has 0 aromatic heterocycles. The van der Waals surface area contributed by atoms with Gasteiger partial charge in [-0.05, 0) is 17.7 Å². The van der Waals surface area contributed by atoms with Gasteiger partial charge in [0.05, 0.1) is 6.61 Å². The van der Waals surface area contributed by atoms with Crippen LogP contribution in [0.1, 0.15) is 5.56 Å². The first-order chi connectivity index (χ1) is 7.76. The molecule has 3 nitrogen and oxygen atoms in total. The number of halogens is 1. The standard InChI is InChI=1S/C12H18BrNO2/c1-16-9-8-14(7-6-13)10-11-2-4-12(15)5-3-11/h2-5,15H,6-10H2,1H3. The Morgan fingerprint density at radius 3 is 2.50 bits per heavy atom. The van der Waals surface area contributed by atoms with Crippen LogP contribution in [0.4, 0.5) is 0 Å². The fourth-order valence-electron chi connectivity index (χ4n) is 1.47. The van der Waals surface area contributed by atoms with E-state index in [1.54, 1.807) is 19.2 Å². The van der Waals surface area contributed by atoms with Crippen LogP contribution in [-0.2, 0) is 11.3 Å². The molecular weight excluding hydrogens is 270 g/mol. The number of nitrogens with zero attached hydrogens (tertiary/aromatic N) is 1. The van der Waals surface area contributed by atoms with Crippen molar-refractivity contribution >= 4 is 15.9 Å². The van der Waals surface area contributed by atoms with Crippen LogP contribution < -0.4 is 0 Å². The number of methoxy groups -OCH3 is 1. The number of rotatable bonds is 7. The molecule has 0 aliphatic carbocycles. The molecule has 0 aliphatic heterocycles. The lowest BCUT2D eigenvalue weighted by Gasteiger charge is -2.20. The molecule has 0 bridgehead atoms. The van der Waals surface area contributed by atoms with E-state index in [1.807, 2.05) is 12.1 Å². The molecule has 1 N–H and O–H groups in total. The summed E-state index contributed by atoms with van der Waals surface area (Å²) in [5.74, 6) is 0.313. The molecule has 16 heavy (non-hydrogen) atoms. The summed E-state index contributed by atoms with van der Waals surface area (Å²) in [7, 11) is 1.72. The van der Waals surface area contributed by atoms with Gasteiger partial charge in [-0.25, -0.2) is 0 Å². The fourth-order valence-corrected chi connectivity index (χ4v) is 1.97. The van der Waals surface area contributed by atoms with Crippen molar-refractivity contribution in [3.05, 3.63) is 29.8 Å². The summed E-state index contributed by atoms with van der Waals surface area (Å²) >= 11 is 3.44. The molecule has 0 aliphatic rings. The third kappa shape index (κ3) is 4.96. The molecule has 1 aromatic rings. The summed E-state index contributed by atoms with van der Waals surface area (Å²) in [5.41, 5.74) is 1.20. The molecule has 4 heteroatoms. The van der Waals surface area contributed by atoms with Gasteiger partial charge in [0.25, 0.3) is 0 Å². The Balaban J connectivity index is 2.49. The van der Waals surface area contributed by atoms with E-state index >= 15 is 0 Å². The van der Waals surface area contributed by atoms with Crippen molar-refractivity contribution in [1.29, 1.82) is 0 Å². The molecule has 1 rings (SSSR count). The highest BCUT2D eigenvalue weighted by Gasteiger charge is 2.04. The van der Waals surface area contributed by atoms with Gasteiger partial charge >= 0.3 is 0 Å². The Hall–Kier alpha value is -0.580. The van der Waals surface area contributed by atoms with Crippen molar-refractivity contribution in [3.63, 3.8) is 0 Å². The van der Waals surface area contributed by atoms with Crippen LogP contribution in [0.5, 0.6) is 5.75 Å². The van der Waals surface area contributed by atoms with E-state index in [0.29, 0.717) is 5.75 Å². The number of benzene rings is 1. The lowest BCUT2D eigenvalue weighted by atomic mass is 10.2. The lowest BCUT2D eigenvalue weighted by Crippen LogP contribution is -2.28. The minimum atomic E-state index is 0.313. The second kappa shape index (κ2) is 7.65. The highest BCUT2D eigenvalue weighted by molar-refractivity contribution is 9.09. The predicted molar refractivity (Wildman–Crippen MR) is 69.1 cm³/mol. The number of phenolic OH excluding ortho intramolecular Hbond substituents is 1.